The molecule has 24 heavy (non-hydrogen) atoms. The maximum atomic E-state index is 5.55. The van der Waals surface area contributed by atoms with E-state index in [4.69, 9.17) is 9.73 Å². The van der Waals surface area contributed by atoms with Gasteiger partial charge in [-0.2, -0.15) is 0 Å². The molecule has 1 aromatic carbocycles. The van der Waals surface area contributed by atoms with E-state index in [2.05, 4.69) is 67.7 Å². The molecule has 0 bridgehead atoms. The number of aliphatic imine (C=N–C) groups is 1. The van der Waals surface area contributed by atoms with Gasteiger partial charge >= 0.3 is 0 Å². The molecule has 0 radical (unpaired) electrons. The van der Waals surface area contributed by atoms with Crippen LogP contribution in [0.4, 0.5) is 0 Å². The Labute approximate surface area is 146 Å². The third kappa shape index (κ3) is 5.21. The van der Waals surface area contributed by atoms with E-state index in [0.717, 1.165) is 45.1 Å². The number of nitrogens with one attached hydrogen (secondary N) is 2. The molecule has 1 aromatic rings. The average molecular weight is 332 g/mol. The van der Waals surface area contributed by atoms with Crippen molar-refractivity contribution in [2.45, 2.75) is 38.8 Å². The second kappa shape index (κ2) is 9.04. The quantitative estimate of drug-likeness (QED) is 0.619. The number of guanidine groups is 1. The molecule has 5 nitrogen and oxygen atoms in total. The van der Waals surface area contributed by atoms with Crippen molar-refractivity contribution in [3.05, 3.63) is 35.4 Å². The Morgan fingerprint density at radius 2 is 2.00 bits per heavy atom. The molecule has 5 heteroatoms. The van der Waals surface area contributed by atoms with Crippen LogP contribution in [0.5, 0.6) is 0 Å². The van der Waals surface area contributed by atoms with Gasteiger partial charge in [-0.25, -0.2) is 4.99 Å². The van der Waals surface area contributed by atoms with Crippen molar-refractivity contribution in [1.29, 1.82) is 0 Å². The molecule has 1 heterocycles. The molecule has 0 spiro atoms. The fourth-order valence-corrected chi connectivity index (χ4v) is 3.10. The molecule has 1 aliphatic heterocycles. The molecule has 0 aliphatic carbocycles. The predicted octanol–water partition coefficient (Wildman–Crippen LogP) is 2.16. The standard InChI is InChI=1S/C19H32N4O/c1-5-20-18(21-14-17-8-6-7-16(2)13-17)22-15-19(23(3)4)9-11-24-12-10-19/h6-8,13H,5,9-12,14-15H2,1-4H3,(H2,20,21,22). The highest BCUT2D eigenvalue weighted by molar-refractivity contribution is 5.79. The van der Waals surface area contributed by atoms with E-state index >= 15 is 0 Å². The highest BCUT2D eigenvalue weighted by Crippen LogP contribution is 2.25. The van der Waals surface area contributed by atoms with Crippen LogP contribution in [0, 0.1) is 6.92 Å². The van der Waals surface area contributed by atoms with Gasteiger partial charge in [0.1, 0.15) is 0 Å². The zero-order chi connectivity index (χ0) is 17.4. The molecule has 2 rings (SSSR count). The minimum atomic E-state index is 0.137. The largest absolute Gasteiger partial charge is 0.381 e. The maximum Gasteiger partial charge on any atom is 0.191 e. The van der Waals surface area contributed by atoms with Gasteiger partial charge in [0.2, 0.25) is 0 Å². The summed E-state index contributed by atoms with van der Waals surface area (Å²) in [5, 5.41) is 6.89. The molecule has 134 valence electrons. The predicted molar refractivity (Wildman–Crippen MR) is 100 cm³/mol. The number of hydrogen-bond acceptors (Lipinski definition) is 3. The van der Waals surface area contributed by atoms with E-state index in [1.165, 1.54) is 11.1 Å². The molecule has 0 atom stereocenters. The lowest BCUT2D eigenvalue weighted by atomic mass is 9.88. The Kier molecular flexibility index (Phi) is 7.06. The summed E-state index contributed by atoms with van der Waals surface area (Å²) in [5.74, 6) is 0.881. The average Bonchev–Trinajstić information content (AvgIpc) is 2.58. The Hall–Kier alpha value is -1.59. The number of nitrogens with zero attached hydrogens (tertiary/aromatic N) is 2. The summed E-state index contributed by atoms with van der Waals surface area (Å²) in [5.41, 5.74) is 2.65. The van der Waals surface area contributed by atoms with Crippen LogP contribution in [0.3, 0.4) is 0 Å². The molecule has 1 saturated heterocycles. The van der Waals surface area contributed by atoms with E-state index in [1.54, 1.807) is 0 Å². The van der Waals surface area contributed by atoms with Gasteiger partial charge in [0.05, 0.1) is 6.54 Å². The van der Waals surface area contributed by atoms with Crippen molar-refractivity contribution in [3.63, 3.8) is 0 Å². The Morgan fingerprint density at radius 1 is 1.25 bits per heavy atom. The smallest absolute Gasteiger partial charge is 0.191 e. The first-order valence-electron chi connectivity index (χ1n) is 8.89. The molecular formula is C19H32N4O. The number of ether oxygens (including phenoxy) is 1. The summed E-state index contributed by atoms with van der Waals surface area (Å²) in [6.07, 6.45) is 2.09. The molecule has 0 unspecified atom stereocenters. The SMILES string of the molecule is CCNC(=NCc1cccc(C)c1)NCC1(N(C)C)CCOCC1. The highest BCUT2D eigenvalue weighted by Gasteiger charge is 2.34. The summed E-state index contributed by atoms with van der Waals surface area (Å²) >= 11 is 0. The highest BCUT2D eigenvalue weighted by atomic mass is 16.5. The van der Waals surface area contributed by atoms with Crippen molar-refractivity contribution in [2.75, 3.05) is 40.4 Å². The van der Waals surface area contributed by atoms with Gasteiger partial charge in [0, 0.05) is 31.8 Å². The van der Waals surface area contributed by atoms with Crippen molar-refractivity contribution in [3.8, 4) is 0 Å². The fraction of sp³-hybridized carbons (Fsp3) is 0.632. The third-order valence-electron chi connectivity index (χ3n) is 4.80. The van der Waals surface area contributed by atoms with E-state index < -0.39 is 0 Å². The second-order valence-corrected chi connectivity index (χ2v) is 6.77. The molecule has 0 aromatic heterocycles. The number of rotatable bonds is 6. The first-order chi connectivity index (χ1) is 11.6. The molecule has 0 saturated carbocycles. The molecule has 1 fully saturated rings. The molecular weight excluding hydrogens is 300 g/mol. The normalized spacial score (nSPS) is 17.8. The van der Waals surface area contributed by atoms with E-state index in [1.807, 2.05) is 0 Å². The van der Waals surface area contributed by atoms with E-state index in [0.29, 0.717) is 6.54 Å². The van der Waals surface area contributed by atoms with Crippen LogP contribution in [0.25, 0.3) is 0 Å². The van der Waals surface area contributed by atoms with E-state index in [-0.39, 0.29) is 5.54 Å². The summed E-state index contributed by atoms with van der Waals surface area (Å²) in [6, 6.07) is 8.51. The molecule has 1 aliphatic rings. The van der Waals surface area contributed by atoms with Crippen molar-refractivity contribution < 1.29 is 4.74 Å². The van der Waals surface area contributed by atoms with Gasteiger partial charge < -0.3 is 20.3 Å². The summed E-state index contributed by atoms with van der Waals surface area (Å²) < 4.78 is 5.55. The van der Waals surface area contributed by atoms with Crippen LogP contribution in [0.15, 0.2) is 29.3 Å². The summed E-state index contributed by atoms with van der Waals surface area (Å²) in [4.78, 5) is 7.07. The Balaban J connectivity index is 2.00. The summed E-state index contributed by atoms with van der Waals surface area (Å²) in [6.45, 7) is 8.30. The van der Waals surface area contributed by atoms with Gasteiger partial charge in [0.15, 0.2) is 5.96 Å². The lowest BCUT2D eigenvalue weighted by Crippen LogP contribution is -2.57. The lowest BCUT2D eigenvalue weighted by molar-refractivity contribution is -0.00501. The number of aryl methyl sites for hydroxylation is 1. The lowest BCUT2D eigenvalue weighted by Gasteiger charge is -2.43. The topological polar surface area (TPSA) is 48.9 Å². The van der Waals surface area contributed by atoms with Crippen molar-refractivity contribution in [1.82, 2.24) is 15.5 Å². The zero-order valence-corrected chi connectivity index (χ0v) is 15.6. The van der Waals surface area contributed by atoms with Crippen LogP contribution in [-0.4, -0.2) is 56.8 Å². The van der Waals surface area contributed by atoms with Crippen LogP contribution < -0.4 is 10.6 Å². The molecule has 2 N–H and O–H groups in total. The third-order valence-corrected chi connectivity index (χ3v) is 4.80. The van der Waals surface area contributed by atoms with E-state index in [9.17, 15) is 0 Å². The second-order valence-electron chi connectivity index (χ2n) is 6.77. The Bertz CT molecular complexity index is 536. The molecule has 0 amide bonds. The first-order valence-corrected chi connectivity index (χ1v) is 8.89. The summed E-state index contributed by atoms with van der Waals surface area (Å²) in [7, 11) is 4.31. The number of benzene rings is 1. The van der Waals surface area contributed by atoms with Gasteiger partial charge in [-0.1, -0.05) is 29.8 Å². The minimum absolute atomic E-state index is 0.137. The number of likely N-dealkylation sites (N-methyl/N-ethyl adjacent to an activating group) is 1. The fourth-order valence-electron chi connectivity index (χ4n) is 3.10. The van der Waals surface area contributed by atoms with Gasteiger partial charge in [0.25, 0.3) is 0 Å². The van der Waals surface area contributed by atoms with Crippen molar-refractivity contribution in [2.24, 2.45) is 4.99 Å². The zero-order valence-electron chi connectivity index (χ0n) is 15.6. The van der Waals surface area contributed by atoms with Crippen LogP contribution in [0.2, 0.25) is 0 Å². The van der Waals surface area contributed by atoms with Gasteiger partial charge in [-0.15, -0.1) is 0 Å². The maximum absolute atomic E-state index is 5.55. The van der Waals surface area contributed by atoms with Gasteiger partial charge in [-0.3, -0.25) is 0 Å². The minimum Gasteiger partial charge on any atom is -0.381 e. The van der Waals surface area contributed by atoms with Crippen LogP contribution in [-0.2, 0) is 11.3 Å². The number of hydrogen-bond donors (Lipinski definition) is 2. The van der Waals surface area contributed by atoms with Crippen LogP contribution >= 0.6 is 0 Å². The van der Waals surface area contributed by atoms with Gasteiger partial charge in [-0.05, 0) is 46.3 Å². The van der Waals surface area contributed by atoms with Crippen LogP contribution in [0.1, 0.15) is 30.9 Å². The Morgan fingerprint density at radius 3 is 2.62 bits per heavy atom. The van der Waals surface area contributed by atoms with Crippen molar-refractivity contribution >= 4 is 5.96 Å². The first kappa shape index (κ1) is 18.7. The monoisotopic (exact) mass is 332 g/mol.